The first-order valence-corrected chi connectivity index (χ1v) is 16.2. The maximum atomic E-state index is 14.2. The van der Waals surface area contributed by atoms with E-state index >= 15 is 0 Å². The zero-order chi connectivity index (χ0) is 28.8. The van der Waals surface area contributed by atoms with Crippen LogP contribution in [0, 0.1) is 0 Å². The number of benzene rings is 3. The van der Waals surface area contributed by atoms with Crippen LogP contribution in [0.2, 0.25) is 19.6 Å². The predicted octanol–water partition coefficient (Wildman–Crippen LogP) is 6.52. The van der Waals surface area contributed by atoms with Crippen molar-refractivity contribution in [1.82, 2.24) is 9.88 Å². The van der Waals surface area contributed by atoms with E-state index in [1.807, 2.05) is 31.8 Å². The number of halogens is 3. The average Bonchev–Trinajstić information content (AvgIpc) is 3.16. The first kappa shape index (κ1) is 27.3. The Balaban J connectivity index is 1.65. The van der Waals surface area contributed by atoms with Crippen LogP contribution in [0.25, 0.3) is 10.9 Å². The van der Waals surface area contributed by atoms with Crippen molar-refractivity contribution in [3.63, 3.8) is 0 Å². The van der Waals surface area contributed by atoms with Crippen LogP contribution in [0.15, 0.2) is 85.1 Å². The first-order valence-electron chi connectivity index (χ1n) is 12.7. The van der Waals surface area contributed by atoms with Crippen LogP contribution in [-0.2, 0) is 11.0 Å². The molecule has 4 aromatic rings. The number of nitrogens with one attached hydrogen (secondary N) is 1. The van der Waals surface area contributed by atoms with Crippen LogP contribution < -0.4 is 5.32 Å². The maximum Gasteiger partial charge on any atom is 0.416 e. The molecule has 3 aromatic carbocycles. The van der Waals surface area contributed by atoms with E-state index in [2.05, 4.69) is 10.3 Å². The standard InChI is InChI=1S/C30H26F3N3O3Si/c1-40(2,3)26(19-13-15-20(16-14-19)30(31,32)33)25(36-28(38)21-10-4-5-11-22(21)29(36)39)27(37)35-23-12-6-8-18-9-7-17-34-24(18)23/h4-17,25-26H,1-3H3,(H,35,37)/t25-,26-/m0/s1. The number of para-hydroxylation sites is 1. The second-order valence-electron chi connectivity index (χ2n) is 10.8. The average molecular weight is 562 g/mol. The van der Waals surface area contributed by atoms with Gasteiger partial charge in [-0.1, -0.05) is 62.1 Å². The predicted molar refractivity (Wildman–Crippen MR) is 149 cm³/mol. The summed E-state index contributed by atoms with van der Waals surface area (Å²) in [4.78, 5) is 46.9. The summed E-state index contributed by atoms with van der Waals surface area (Å²) in [5.74, 6) is -1.86. The van der Waals surface area contributed by atoms with Crippen molar-refractivity contribution in [2.24, 2.45) is 0 Å². The fraction of sp³-hybridized carbons (Fsp3) is 0.200. The minimum absolute atomic E-state index is 0.180. The van der Waals surface area contributed by atoms with Gasteiger partial charge in [0.1, 0.15) is 6.04 Å². The number of anilines is 1. The minimum atomic E-state index is -4.53. The van der Waals surface area contributed by atoms with Crippen molar-refractivity contribution in [2.45, 2.75) is 37.4 Å². The smallest absolute Gasteiger partial charge is 0.322 e. The van der Waals surface area contributed by atoms with Gasteiger partial charge in [-0.15, -0.1) is 0 Å². The number of carbonyl (C=O) groups excluding carboxylic acids is 3. The molecule has 6 nitrogen and oxygen atoms in total. The Kier molecular flexibility index (Phi) is 6.83. The van der Waals surface area contributed by atoms with E-state index in [1.54, 1.807) is 36.5 Å². The van der Waals surface area contributed by atoms with Gasteiger partial charge in [0.05, 0.1) is 36.0 Å². The van der Waals surface area contributed by atoms with Gasteiger partial charge in [-0.3, -0.25) is 24.3 Å². The topological polar surface area (TPSA) is 79.4 Å². The first-order chi connectivity index (χ1) is 18.9. The monoisotopic (exact) mass is 561 g/mol. The molecule has 1 aliphatic heterocycles. The number of amides is 3. The molecule has 10 heteroatoms. The molecular weight excluding hydrogens is 535 g/mol. The second kappa shape index (κ2) is 10.0. The van der Waals surface area contributed by atoms with E-state index in [9.17, 15) is 27.6 Å². The number of pyridine rings is 1. The Morgan fingerprint density at radius 2 is 1.45 bits per heavy atom. The minimum Gasteiger partial charge on any atom is -0.322 e. The van der Waals surface area contributed by atoms with Crippen LogP contribution in [0.5, 0.6) is 0 Å². The van der Waals surface area contributed by atoms with Gasteiger partial charge in [-0.05, 0) is 42.0 Å². The van der Waals surface area contributed by atoms with E-state index in [1.165, 1.54) is 24.3 Å². The molecule has 2 atom stereocenters. The number of fused-ring (bicyclic) bond motifs is 2. The van der Waals surface area contributed by atoms with E-state index < -0.39 is 49.1 Å². The summed E-state index contributed by atoms with van der Waals surface area (Å²) < 4.78 is 40.1. The fourth-order valence-electron chi connectivity index (χ4n) is 5.33. The van der Waals surface area contributed by atoms with Crippen LogP contribution in [0.1, 0.15) is 37.4 Å². The number of alkyl halides is 3. The molecule has 1 N–H and O–H groups in total. The van der Waals surface area contributed by atoms with Crippen LogP contribution in [0.4, 0.5) is 18.9 Å². The summed E-state index contributed by atoms with van der Waals surface area (Å²) in [5.41, 5.74) is 0.178. The maximum absolute atomic E-state index is 14.2. The zero-order valence-electron chi connectivity index (χ0n) is 22.0. The molecule has 0 bridgehead atoms. The van der Waals surface area contributed by atoms with Crippen molar-refractivity contribution >= 4 is 42.4 Å². The van der Waals surface area contributed by atoms with Gasteiger partial charge in [0.25, 0.3) is 11.8 Å². The van der Waals surface area contributed by atoms with Crippen LogP contribution >= 0.6 is 0 Å². The summed E-state index contributed by atoms with van der Waals surface area (Å²) in [6, 6.07) is 18.5. The third kappa shape index (κ3) is 4.90. The van der Waals surface area contributed by atoms with Gasteiger partial charge in [0, 0.05) is 17.1 Å². The summed E-state index contributed by atoms with van der Waals surface area (Å²) in [7, 11) is -2.52. The molecule has 0 saturated carbocycles. The molecule has 0 fully saturated rings. The van der Waals surface area contributed by atoms with Gasteiger partial charge in [0.2, 0.25) is 5.91 Å². The van der Waals surface area contributed by atoms with E-state index in [0.717, 1.165) is 22.4 Å². The summed E-state index contributed by atoms with van der Waals surface area (Å²) in [6.45, 7) is 5.85. The summed E-state index contributed by atoms with van der Waals surface area (Å²) in [6.07, 6.45) is -2.94. The summed E-state index contributed by atoms with van der Waals surface area (Å²) >= 11 is 0. The Hall–Kier alpha value is -4.31. The quantitative estimate of drug-likeness (QED) is 0.215. The molecule has 1 aromatic heterocycles. The third-order valence-corrected chi connectivity index (χ3v) is 9.62. The Morgan fingerprint density at radius 1 is 0.850 bits per heavy atom. The normalized spacial score (nSPS) is 15.2. The van der Waals surface area contributed by atoms with Crippen LogP contribution in [-0.4, -0.2) is 41.7 Å². The number of nitrogens with zero attached hydrogens (tertiary/aromatic N) is 2. The highest BCUT2D eigenvalue weighted by molar-refractivity contribution is 6.78. The lowest BCUT2D eigenvalue weighted by molar-refractivity contribution is -0.137. The van der Waals surface area contributed by atoms with Gasteiger partial charge in [-0.25, -0.2) is 0 Å². The lowest BCUT2D eigenvalue weighted by Crippen LogP contribution is -2.56. The fourth-order valence-corrected chi connectivity index (χ4v) is 7.77. The lowest BCUT2D eigenvalue weighted by Gasteiger charge is -2.39. The Morgan fingerprint density at radius 3 is 2.02 bits per heavy atom. The van der Waals surface area contributed by atoms with Crippen molar-refractivity contribution in [3.05, 3.63) is 107 Å². The number of hydrogen-bond donors (Lipinski definition) is 1. The van der Waals surface area contributed by atoms with E-state index in [-0.39, 0.29) is 11.1 Å². The lowest BCUT2D eigenvalue weighted by atomic mass is 10.0. The number of imide groups is 1. The van der Waals surface area contributed by atoms with Crippen LogP contribution in [0.3, 0.4) is 0 Å². The SMILES string of the molecule is C[Si](C)(C)[C@@H](c1ccc(C(F)(F)F)cc1)[C@@H](C(=O)Nc1cccc2cccnc12)N1C(=O)c2ccccc2C1=O. The molecule has 0 unspecified atom stereocenters. The highest BCUT2D eigenvalue weighted by Crippen LogP contribution is 2.39. The zero-order valence-corrected chi connectivity index (χ0v) is 23.0. The highest BCUT2D eigenvalue weighted by Gasteiger charge is 2.50. The molecule has 3 amide bonds. The van der Waals surface area contributed by atoms with Gasteiger partial charge < -0.3 is 5.32 Å². The van der Waals surface area contributed by atoms with Gasteiger partial charge in [0.15, 0.2) is 0 Å². The largest absolute Gasteiger partial charge is 0.416 e. The number of carbonyl (C=O) groups is 3. The molecular formula is C30H26F3N3O3Si. The molecule has 5 rings (SSSR count). The van der Waals surface area contributed by atoms with Crippen molar-refractivity contribution in [2.75, 3.05) is 5.32 Å². The van der Waals surface area contributed by atoms with Crippen molar-refractivity contribution in [1.29, 1.82) is 0 Å². The molecule has 40 heavy (non-hydrogen) atoms. The molecule has 204 valence electrons. The van der Waals surface area contributed by atoms with Crippen molar-refractivity contribution < 1.29 is 27.6 Å². The van der Waals surface area contributed by atoms with Gasteiger partial charge in [-0.2, -0.15) is 13.2 Å². The van der Waals surface area contributed by atoms with E-state index in [4.69, 9.17) is 0 Å². The van der Waals surface area contributed by atoms with Crippen molar-refractivity contribution in [3.8, 4) is 0 Å². The molecule has 0 saturated heterocycles. The molecule has 0 aliphatic carbocycles. The molecule has 0 radical (unpaired) electrons. The number of hydrogen-bond acceptors (Lipinski definition) is 4. The summed E-state index contributed by atoms with van der Waals surface area (Å²) in [5, 5.41) is 3.66. The molecule has 2 heterocycles. The third-order valence-electron chi connectivity index (χ3n) is 7.11. The highest BCUT2D eigenvalue weighted by atomic mass is 28.3. The van der Waals surface area contributed by atoms with Gasteiger partial charge >= 0.3 is 6.18 Å². The number of aromatic nitrogens is 1. The number of rotatable bonds is 6. The van der Waals surface area contributed by atoms with E-state index in [0.29, 0.717) is 16.8 Å². The molecule has 0 spiro atoms. The Bertz CT molecular complexity index is 1590. The Labute approximate surface area is 229 Å². The molecule has 1 aliphatic rings. The second-order valence-corrected chi connectivity index (χ2v) is 16.2.